The van der Waals surface area contributed by atoms with Crippen LogP contribution in [0.1, 0.15) is 33.1 Å². The molecule has 1 atom stereocenters. The van der Waals surface area contributed by atoms with Crippen LogP contribution in [-0.2, 0) is 4.79 Å². The number of amides is 1. The number of thiocarbonyl (C=S) groups is 1. The molecule has 0 saturated carbocycles. The SMILES string of the molecule is CCC(C)NC(=S)NC(=O)CCCOc1ccc(Cl)cc1. The van der Waals surface area contributed by atoms with Crippen molar-refractivity contribution in [2.45, 2.75) is 39.2 Å². The zero-order valence-corrected chi connectivity index (χ0v) is 13.9. The number of hydrogen-bond acceptors (Lipinski definition) is 3. The summed E-state index contributed by atoms with van der Waals surface area (Å²) in [6, 6.07) is 7.39. The molecule has 4 nitrogen and oxygen atoms in total. The van der Waals surface area contributed by atoms with Crippen molar-refractivity contribution in [2.75, 3.05) is 6.61 Å². The number of benzene rings is 1. The summed E-state index contributed by atoms with van der Waals surface area (Å²) in [5.41, 5.74) is 0. The molecule has 0 spiro atoms. The number of hydrogen-bond donors (Lipinski definition) is 2. The van der Waals surface area contributed by atoms with Crippen LogP contribution in [0.15, 0.2) is 24.3 Å². The van der Waals surface area contributed by atoms with Gasteiger partial charge >= 0.3 is 0 Å². The third kappa shape index (κ3) is 7.87. The second-order valence-corrected chi connectivity index (χ2v) is 5.58. The first-order valence-corrected chi connectivity index (χ1v) is 7.78. The largest absolute Gasteiger partial charge is 0.494 e. The number of ether oxygens (including phenoxy) is 1. The van der Waals surface area contributed by atoms with Gasteiger partial charge in [-0.3, -0.25) is 4.79 Å². The minimum Gasteiger partial charge on any atom is -0.494 e. The van der Waals surface area contributed by atoms with E-state index in [1.54, 1.807) is 24.3 Å². The normalized spacial score (nSPS) is 11.6. The molecule has 0 aliphatic heterocycles. The molecule has 1 unspecified atom stereocenters. The molecule has 1 aromatic carbocycles. The lowest BCUT2D eigenvalue weighted by atomic mass is 10.3. The fourth-order valence-corrected chi connectivity index (χ4v) is 1.95. The molecular formula is C15H21ClN2O2S. The molecule has 116 valence electrons. The van der Waals surface area contributed by atoms with Crippen molar-refractivity contribution in [3.8, 4) is 5.75 Å². The summed E-state index contributed by atoms with van der Waals surface area (Å²) in [5.74, 6) is 0.643. The fraction of sp³-hybridized carbons (Fsp3) is 0.467. The molecule has 2 N–H and O–H groups in total. The molecule has 6 heteroatoms. The quantitative estimate of drug-likeness (QED) is 0.595. The van der Waals surface area contributed by atoms with E-state index in [0.717, 1.165) is 12.2 Å². The average molecular weight is 329 g/mol. The van der Waals surface area contributed by atoms with Crippen LogP contribution in [0.3, 0.4) is 0 Å². The highest BCUT2D eigenvalue weighted by Gasteiger charge is 2.06. The Morgan fingerprint density at radius 1 is 1.38 bits per heavy atom. The van der Waals surface area contributed by atoms with E-state index in [2.05, 4.69) is 17.6 Å². The van der Waals surface area contributed by atoms with E-state index in [-0.39, 0.29) is 11.9 Å². The van der Waals surface area contributed by atoms with Gasteiger partial charge in [0.2, 0.25) is 5.91 Å². The molecule has 0 heterocycles. The van der Waals surface area contributed by atoms with Crippen molar-refractivity contribution in [1.82, 2.24) is 10.6 Å². The number of carbonyl (C=O) groups excluding carboxylic acids is 1. The lowest BCUT2D eigenvalue weighted by Crippen LogP contribution is -2.43. The maximum atomic E-state index is 11.7. The van der Waals surface area contributed by atoms with E-state index in [9.17, 15) is 4.79 Å². The van der Waals surface area contributed by atoms with E-state index < -0.39 is 0 Å². The standard InChI is InChI=1S/C15H21ClN2O2S/c1-3-11(2)17-15(21)18-14(19)5-4-10-20-13-8-6-12(16)7-9-13/h6-9,11H,3-5,10H2,1-2H3,(H2,17,18,19,21). The number of halogens is 1. The van der Waals surface area contributed by atoms with Gasteiger partial charge in [-0.15, -0.1) is 0 Å². The highest BCUT2D eigenvalue weighted by Crippen LogP contribution is 2.15. The first-order valence-electron chi connectivity index (χ1n) is 7.00. The van der Waals surface area contributed by atoms with Gasteiger partial charge in [0.1, 0.15) is 5.75 Å². The van der Waals surface area contributed by atoms with Gasteiger partial charge in [0, 0.05) is 17.5 Å². The predicted octanol–water partition coefficient (Wildman–Crippen LogP) is 3.29. The number of nitrogens with one attached hydrogen (secondary N) is 2. The van der Waals surface area contributed by atoms with Crippen molar-refractivity contribution in [2.24, 2.45) is 0 Å². The fourth-order valence-electron chi connectivity index (χ4n) is 1.50. The zero-order valence-electron chi connectivity index (χ0n) is 12.3. The van der Waals surface area contributed by atoms with Gasteiger partial charge < -0.3 is 15.4 Å². The summed E-state index contributed by atoms with van der Waals surface area (Å²) in [4.78, 5) is 11.7. The van der Waals surface area contributed by atoms with Gasteiger partial charge in [0.15, 0.2) is 5.11 Å². The van der Waals surface area contributed by atoms with Crippen molar-refractivity contribution >= 4 is 34.8 Å². The maximum absolute atomic E-state index is 11.7. The smallest absolute Gasteiger partial charge is 0.226 e. The van der Waals surface area contributed by atoms with Crippen LogP contribution in [-0.4, -0.2) is 23.7 Å². The highest BCUT2D eigenvalue weighted by atomic mass is 35.5. The van der Waals surface area contributed by atoms with Crippen LogP contribution in [0, 0.1) is 0 Å². The molecule has 0 aliphatic rings. The summed E-state index contributed by atoms with van der Waals surface area (Å²) in [5, 5.41) is 6.75. The molecule has 1 aromatic rings. The first kappa shape index (κ1) is 17.7. The van der Waals surface area contributed by atoms with Gasteiger partial charge in [-0.1, -0.05) is 18.5 Å². The maximum Gasteiger partial charge on any atom is 0.226 e. The average Bonchev–Trinajstić information content (AvgIpc) is 2.45. The van der Waals surface area contributed by atoms with Crippen LogP contribution in [0.2, 0.25) is 5.02 Å². The Hall–Kier alpha value is -1.33. The second kappa shape index (κ2) is 9.58. The third-order valence-corrected chi connectivity index (χ3v) is 3.35. The molecule has 0 fully saturated rings. The van der Waals surface area contributed by atoms with Gasteiger partial charge in [-0.05, 0) is 56.2 Å². The van der Waals surface area contributed by atoms with Crippen molar-refractivity contribution in [3.63, 3.8) is 0 Å². The van der Waals surface area contributed by atoms with Gasteiger partial charge in [0.25, 0.3) is 0 Å². The monoisotopic (exact) mass is 328 g/mol. The summed E-state index contributed by atoms with van der Waals surface area (Å²) in [6.45, 7) is 4.54. The molecule has 1 rings (SSSR count). The Kier molecular flexibility index (Phi) is 8.08. The Morgan fingerprint density at radius 3 is 2.67 bits per heavy atom. The molecule has 0 aliphatic carbocycles. The van der Waals surface area contributed by atoms with E-state index in [1.165, 1.54) is 0 Å². The van der Waals surface area contributed by atoms with Crippen LogP contribution in [0.4, 0.5) is 0 Å². The van der Waals surface area contributed by atoms with Crippen LogP contribution < -0.4 is 15.4 Å². The lowest BCUT2D eigenvalue weighted by molar-refractivity contribution is -0.119. The number of carbonyl (C=O) groups is 1. The van der Waals surface area contributed by atoms with Gasteiger partial charge in [-0.25, -0.2) is 0 Å². The highest BCUT2D eigenvalue weighted by molar-refractivity contribution is 7.80. The van der Waals surface area contributed by atoms with E-state index in [0.29, 0.717) is 29.6 Å². The molecule has 0 radical (unpaired) electrons. The number of rotatable bonds is 7. The molecule has 21 heavy (non-hydrogen) atoms. The lowest BCUT2D eigenvalue weighted by Gasteiger charge is -2.14. The van der Waals surface area contributed by atoms with Gasteiger partial charge in [-0.2, -0.15) is 0 Å². The Balaban J connectivity index is 2.16. The summed E-state index contributed by atoms with van der Waals surface area (Å²) in [6.07, 6.45) is 1.95. The van der Waals surface area contributed by atoms with Crippen molar-refractivity contribution in [3.05, 3.63) is 29.3 Å². The third-order valence-electron chi connectivity index (χ3n) is 2.87. The topological polar surface area (TPSA) is 50.4 Å². The minimum atomic E-state index is -0.101. The zero-order chi connectivity index (χ0) is 15.7. The Morgan fingerprint density at radius 2 is 2.05 bits per heavy atom. The van der Waals surface area contributed by atoms with Crippen LogP contribution in [0.25, 0.3) is 0 Å². The Bertz CT molecular complexity index is 465. The summed E-state index contributed by atoms with van der Waals surface area (Å²) >= 11 is 10.8. The Labute approximate surface area is 136 Å². The minimum absolute atomic E-state index is 0.101. The van der Waals surface area contributed by atoms with E-state index >= 15 is 0 Å². The van der Waals surface area contributed by atoms with Crippen LogP contribution in [0.5, 0.6) is 5.75 Å². The van der Waals surface area contributed by atoms with Gasteiger partial charge in [0.05, 0.1) is 6.61 Å². The molecular weight excluding hydrogens is 308 g/mol. The predicted molar refractivity (Wildman–Crippen MR) is 89.8 cm³/mol. The van der Waals surface area contributed by atoms with E-state index in [1.807, 2.05) is 6.92 Å². The van der Waals surface area contributed by atoms with Crippen molar-refractivity contribution in [1.29, 1.82) is 0 Å². The molecule has 0 aromatic heterocycles. The first-order chi connectivity index (χ1) is 10.0. The molecule has 0 bridgehead atoms. The second-order valence-electron chi connectivity index (χ2n) is 4.74. The molecule has 0 saturated heterocycles. The summed E-state index contributed by atoms with van der Waals surface area (Å²) in [7, 11) is 0. The van der Waals surface area contributed by atoms with Crippen molar-refractivity contribution < 1.29 is 9.53 Å². The van der Waals surface area contributed by atoms with E-state index in [4.69, 9.17) is 28.6 Å². The molecule has 1 amide bonds. The summed E-state index contributed by atoms with van der Waals surface area (Å²) < 4.78 is 5.51. The van der Waals surface area contributed by atoms with Crippen LogP contribution >= 0.6 is 23.8 Å².